The molecule has 0 atom stereocenters. The minimum absolute atomic E-state index is 0.0602. The topological polar surface area (TPSA) is 27.7 Å². The van der Waals surface area contributed by atoms with Crippen LogP contribution >= 0.6 is 12.6 Å². The fraction of sp³-hybridized carbons (Fsp3) is 1.00. The van der Waals surface area contributed by atoms with Crippen LogP contribution in [0.15, 0.2) is 0 Å². The fourth-order valence-corrected chi connectivity index (χ4v) is 1.51. The molecule has 0 unspecified atom stereocenters. The first-order valence-electron chi connectivity index (χ1n) is 3.71. The van der Waals surface area contributed by atoms with E-state index in [9.17, 15) is 0 Å². The van der Waals surface area contributed by atoms with Crippen molar-refractivity contribution in [1.29, 1.82) is 0 Å². The van der Waals surface area contributed by atoms with E-state index in [1.807, 2.05) is 0 Å². The molecule has 0 aliphatic carbocycles. The van der Waals surface area contributed by atoms with Gasteiger partial charge in [0.2, 0.25) is 0 Å². The maximum atomic E-state index is 5.40. The van der Waals surface area contributed by atoms with Crippen molar-refractivity contribution in [3.63, 3.8) is 0 Å². The summed E-state index contributed by atoms with van der Waals surface area (Å²) in [6, 6.07) is 0. The Bertz CT molecular complexity index is 147. The van der Waals surface area contributed by atoms with Crippen molar-refractivity contribution >= 4 is 12.6 Å². The third-order valence-electron chi connectivity index (χ3n) is 2.12. The first kappa shape index (κ1) is 7.86. The molecule has 3 heterocycles. The van der Waals surface area contributed by atoms with Gasteiger partial charge in [0.1, 0.15) is 0 Å². The lowest BCUT2D eigenvalue weighted by molar-refractivity contribution is -0.454. The summed E-state index contributed by atoms with van der Waals surface area (Å²) in [6.45, 7) is 4.24. The van der Waals surface area contributed by atoms with E-state index in [1.165, 1.54) is 0 Å². The Kier molecular flexibility index (Phi) is 1.68. The van der Waals surface area contributed by atoms with Gasteiger partial charge >= 0.3 is 0 Å². The maximum absolute atomic E-state index is 5.40. The second-order valence-electron chi connectivity index (χ2n) is 3.52. The molecule has 0 N–H and O–H groups in total. The average molecular weight is 176 g/mol. The molecule has 3 rings (SSSR count). The van der Waals surface area contributed by atoms with Crippen LogP contribution in [0.4, 0.5) is 0 Å². The minimum Gasteiger partial charge on any atom is -0.326 e. The van der Waals surface area contributed by atoms with Gasteiger partial charge in [0.05, 0.1) is 25.6 Å². The molecule has 2 bridgehead atoms. The van der Waals surface area contributed by atoms with Crippen LogP contribution in [0.5, 0.6) is 0 Å². The lowest BCUT2D eigenvalue weighted by atomic mass is 9.92. The number of rotatable bonds is 1. The smallest absolute Gasteiger partial charge is 0.292 e. The monoisotopic (exact) mass is 176 g/mol. The van der Waals surface area contributed by atoms with Crippen molar-refractivity contribution in [3.05, 3.63) is 0 Å². The van der Waals surface area contributed by atoms with Crippen LogP contribution in [0.2, 0.25) is 0 Å². The van der Waals surface area contributed by atoms with Gasteiger partial charge < -0.3 is 14.2 Å². The van der Waals surface area contributed by atoms with Crippen molar-refractivity contribution in [1.82, 2.24) is 0 Å². The van der Waals surface area contributed by atoms with E-state index in [0.29, 0.717) is 25.6 Å². The second-order valence-corrected chi connectivity index (χ2v) is 3.83. The minimum atomic E-state index is -0.832. The van der Waals surface area contributed by atoms with Crippen LogP contribution in [0, 0.1) is 5.41 Å². The maximum Gasteiger partial charge on any atom is 0.292 e. The fourth-order valence-electron chi connectivity index (χ4n) is 1.24. The number of thiol groups is 1. The Balaban J connectivity index is 2.12. The quantitative estimate of drug-likeness (QED) is 0.595. The summed E-state index contributed by atoms with van der Waals surface area (Å²) in [5.41, 5.74) is 0.0602. The van der Waals surface area contributed by atoms with Gasteiger partial charge in [-0.1, -0.05) is 6.92 Å². The Labute approximate surface area is 71.4 Å². The van der Waals surface area contributed by atoms with E-state index in [0.717, 1.165) is 0 Å². The molecule has 3 aliphatic heterocycles. The van der Waals surface area contributed by atoms with Crippen molar-refractivity contribution < 1.29 is 14.2 Å². The van der Waals surface area contributed by atoms with Gasteiger partial charge in [-0.3, -0.25) is 0 Å². The predicted octanol–water partition coefficient (Wildman–Crippen LogP) is 0.653. The third-order valence-corrected chi connectivity index (χ3v) is 2.50. The summed E-state index contributed by atoms with van der Waals surface area (Å²) in [5, 5.41) is 0. The number of hydrogen-bond acceptors (Lipinski definition) is 4. The van der Waals surface area contributed by atoms with E-state index >= 15 is 0 Å². The zero-order valence-electron chi connectivity index (χ0n) is 6.50. The highest BCUT2D eigenvalue weighted by Crippen LogP contribution is 2.38. The van der Waals surface area contributed by atoms with E-state index in [1.54, 1.807) is 0 Å². The molecule has 0 amide bonds. The predicted molar refractivity (Wildman–Crippen MR) is 42.5 cm³/mol. The molecule has 3 aliphatic rings. The lowest BCUT2D eigenvalue weighted by Crippen LogP contribution is -2.59. The van der Waals surface area contributed by atoms with Gasteiger partial charge in [0, 0.05) is 5.41 Å². The Morgan fingerprint density at radius 3 is 2.00 bits per heavy atom. The molecule has 4 heteroatoms. The first-order valence-corrected chi connectivity index (χ1v) is 4.34. The largest absolute Gasteiger partial charge is 0.326 e. The zero-order valence-corrected chi connectivity index (χ0v) is 7.39. The van der Waals surface area contributed by atoms with Crippen LogP contribution in [-0.2, 0) is 14.2 Å². The van der Waals surface area contributed by atoms with Crippen molar-refractivity contribution in [3.8, 4) is 0 Å². The number of ether oxygens (including phenoxy) is 3. The summed E-state index contributed by atoms with van der Waals surface area (Å²) in [6.07, 6.45) is 0. The van der Waals surface area contributed by atoms with Crippen molar-refractivity contribution in [2.75, 3.05) is 25.6 Å². The molecule has 3 saturated heterocycles. The van der Waals surface area contributed by atoms with Gasteiger partial charge in [-0.25, -0.2) is 0 Å². The van der Waals surface area contributed by atoms with Crippen LogP contribution in [0.3, 0.4) is 0 Å². The SMILES string of the molecule is CC12COC(CS)(OC1)OC2. The lowest BCUT2D eigenvalue weighted by Gasteiger charge is -2.49. The van der Waals surface area contributed by atoms with E-state index < -0.39 is 5.97 Å². The van der Waals surface area contributed by atoms with Crippen LogP contribution < -0.4 is 0 Å². The zero-order chi connectivity index (χ0) is 7.95. The Morgan fingerprint density at radius 1 is 1.18 bits per heavy atom. The molecule has 0 saturated carbocycles. The number of hydrogen-bond donors (Lipinski definition) is 1. The second kappa shape index (κ2) is 2.36. The molecular formula is C7H12O3S. The Hall–Kier alpha value is 0.230. The molecule has 0 spiro atoms. The molecule has 0 aromatic heterocycles. The summed E-state index contributed by atoms with van der Waals surface area (Å²) >= 11 is 4.11. The van der Waals surface area contributed by atoms with Crippen LogP contribution in [0.1, 0.15) is 6.92 Å². The van der Waals surface area contributed by atoms with E-state index in [4.69, 9.17) is 14.2 Å². The molecule has 64 valence electrons. The summed E-state index contributed by atoms with van der Waals surface area (Å²) in [4.78, 5) is 0. The first-order chi connectivity index (χ1) is 5.18. The van der Waals surface area contributed by atoms with E-state index in [2.05, 4.69) is 19.6 Å². The molecular weight excluding hydrogens is 164 g/mol. The highest BCUT2D eigenvalue weighted by Gasteiger charge is 2.49. The summed E-state index contributed by atoms with van der Waals surface area (Å²) in [5.74, 6) is -0.371. The van der Waals surface area contributed by atoms with Gasteiger partial charge in [0.15, 0.2) is 0 Å². The highest BCUT2D eigenvalue weighted by atomic mass is 32.1. The molecule has 0 radical (unpaired) electrons. The third kappa shape index (κ3) is 1.18. The number of fused-ring (bicyclic) bond motifs is 3. The highest BCUT2D eigenvalue weighted by molar-refractivity contribution is 7.80. The van der Waals surface area contributed by atoms with Crippen LogP contribution in [-0.4, -0.2) is 31.5 Å². The van der Waals surface area contributed by atoms with Crippen LogP contribution in [0.25, 0.3) is 0 Å². The molecule has 11 heavy (non-hydrogen) atoms. The van der Waals surface area contributed by atoms with Gasteiger partial charge in [-0.2, -0.15) is 12.6 Å². The molecule has 3 nitrogen and oxygen atoms in total. The van der Waals surface area contributed by atoms with Crippen molar-refractivity contribution in [2.45, 2.75) is 12.9 Å². The van der Waals surface area contributed by atoms with Gasteiger partial charge in [-0.15, -0.1) is 0 Å². The molecule has 0 aromatic rings. The molecule has 3 fully saturated rings. The standard InChI is InChI=1S/C7H12O3S/c1-6-2-8-7(5-11,9-3-6)10-4-6/h11H,2-5H2,1H3. The average Bonchev–Trinajstić information content (AvgIpc) is 2.07. The van der Waals surface area contributed by atoms with Gasteiger partial charge in [0.25, 0.3) is 5.97 Å². The molecule has 0 aromatic carbocycles. The van der Waals surface area contributed by atoms with Crippen molar-refractivity contribution in [2.24, 2.45) is 5.41 Å². The van der Waals surface area contributed by atoms with Gasteiger partial charge in [-0.05, 0) is 0 Å². The summed E-state index contributed by atoms with van der Waals surface area (Å²) in [7, 11) is 0. The summed E-state index contributed by atoms with van der Waals surface area (Å²) < 4.78 is 16.2. The Morgan fingerprint density at radius 2 is 1.64 bits per heavy atom. The van der Waals surface area contributed by atoms with E-state index in [-0.39, 0.29) is 5.41 Å². The normalized spacial score (nSPS) is 49.6.